The van der Waals surface area contributed by atoms with Crippen LogP contribution in [0.15, 0.2) is 114 Å². The number of amides is 1. The molecule has 4 rings (SSSR count). The van der Waals surface area contributed by atoms with Crippen molar-refractivity contribution >= 4 is 21.6 Å². The van der Waals surface area contributed by atoms with Crippen molar-refractivity contribution in [2.24, 2.45) is 0 Å². The number of sulfonamides is 1. The Morgan fingerprint density at radius 3 is 1.78 bits per heavy atom. The van der Waals surface area contributed by atoms with Crippen LogP contribution in [0.1, 0.15) is 24.1 Å². The maximum Gasteiger partial charge on any atom is 0.261 e. The molecular formula is C29H28N2O5S. The molecule has 0 aliphatic rings. The van der Waals surface area contributed by atoms with E-state index in [4.69, 9.17) is 9.47 Å². The largest absolute Gasteiger partial charge is 0.494 e. The smallest absolute Gasteiger partial charge is 0.261 e. The molecule has 7 nitrogen and oxygen atoms in total. The van der Waals surface area contributed by atoms with E-state index in [2.05, 4.69) is 10.0 Å². The Bertz CT molecular complexity index is 1350. The minimum absolute atomic E-state index is 0.0754. The summed E-state index contributed by atoms with van der Waals surface area (Å²) in [6.45, 7) is 2.19. The Hall–Kier alpha value is -4.30. The lowest BCUT2D eigenvalue weighted by molar-refractivity contribution is -0.123. The van der Waals surface area contributed by atoms with Gasteiger partial charge in [-0.3, -0.25) is 9.52 Å². The van der Waals surface area contributed by atoms with E-state index in [0.717, 1.165) is 11.1 Å². The lowest BCUT2D eigenvalue weighted by atomic mass is 9.99. The second-order valence-corrected chi connectivity index (χ2v) is 9.83. The first-order valence-corrected chi connectivity index (χ1v) is 13.3. The van der Waals surface area contributed by atoms with Crippen LogP contribution in [0.5, 0.6) is 11.5 Å². The topological polar surface area (TPSA) is 93.7 Å². The highest BCUT2D eigenvalue weighted by atomic mass is 32.2. The molecule has 0 aliphatic heterocycles. The molecule has 0 spiro atoms. The number of nitrogens with one attached hydrogen (secondary N) is 2. The van der Waals surface area contributed by atoms with Crippen LogP contribution in [0.25, 0.3) is 0 Å². The zero-order valence-electron chi connectivity index (χ0n) is 20.3. The summed E-state index contributed by atoms with van der Waals surface area (Å²) >= 11 is 0. The number of rotatable bonds is 11. The summed E-state index contributed by atoms with van der Waals surface area (Å²) in [6, 6.07) is 31.6. The molecule has 0 aliphatic carbocycles. The lowest BCUT2D eigenvalue weighted by Gasteiger charge is -2.20. The van der Waals surface area contributed by atoms with Crippen molar-refractivity contribution in [2.45, 2.75) is 17.9 Å². The van der Waals surface area contributed by atoms with E-state index in [1.807, 2.05) is 67.6 Å². The monoisotopic (exact) mass is 516 g/mol. The van der Waals surface area contributed by atoms with Crippen molar-refractivity contribution in [3.05, 3.63) is 120 Å². The molecule has 0 heterocycles. The number of carbonyl (C=O) groups is 1. The zero-order chi connectivity index (χ0) is 26.1. The fourth-order valence-corrected chi connectivity index (χ4v) is 4.78. The van der Waals surface area contributed by atoms with Crippen molar-refractivity contribution in [2.75, 3.05) is 17.9 Å². The predicted molar refractivity (Wildman–Crippen MR) is 143 cm³/mol. The number of hydrogen-bond acceptors (Lipinski definition) is 5. The van der Waals surface area contributed by atoms with Crippen LogP contribution in [0.3, 0.4) is 0 Å². The Kier molecular flexibility index (Phi) is 8.43. The molecule has 0 unspecified atom stereocenters. The van der Waals surface area contributed by atoms with Crippen LogP contribution in [-0.4, -0.2) is 27.5 Å². The second-order valence-electron chi connectivity index (χ2n) is 8.14. The van der Waals surface area contributed by atoms with E-state index >= 15 is 0 Å². The summed E-state index contributed by atoms with van der Waals surface area (Å²) in [5.41, 5.74) is 2.33. The molecule has 0 saturated heterocycles. The molecule has 190 valence electrons. The van der Waals surface area contributed by atoms with Gasteiger partial charge in [0.25, 0.3) is 15.9 Å². The summed E-state index contributed by atoms with van der Waals surface area (Å²) in [7, 11) is -3.79. The summed E-state index contributed by atoms with van der Waals surface area (Å²) in [5.74, 6) is 0.743. The van der Waals surface area contributed by atoms with Gasteiger partial charge in [0.05, 0.1) is 17.5 Å². The van der Waals surface area contributed by atoms with E-state index in [1.54, 1.807) is 24.3 Å². The number of carbonyl (C=O) groups excluding carboxylic acids is 1. The quantitative estimate of drug-likeness (QED) is 0.287. The molecule has 0 radical (unpaired) electrons. The summed E-state index contributed by atoms with van der Waals surface area (Å²) in [6.07, 6.45) is 0. The van der Waals surface area contributed by atoms with E-state index in [1.165, 1.54) is 24.3 Å². The lowest BCUT2D eigenvalue weighted by Crippen LogP contribution is -2.33. The van der Waals surface area contributed by atoms with Gasteiger partial charge in [-0.15, -0.1) is 0 Å². The highest BCUT2D eigenvalue weighted by molar-refractivity contribution is 7.92. The molecule has 8 heteroatoms. The molecular weight excluding hydrogens is 488 g/mol. The van der Waals surface area contributed by atoms with Crippen LogP contribution in [0, 0.1) is 0 Å². The number of ether oxygens (including phenoxy) is 2. The Morgan fingerprint density at radius 1 is 0.730 bits per heavy atom. The highest BCUT2D eigenvalue weighted by Gasteiger charge is 2.18. The van der Waals surface area contributed by atoms with Crippen LogP contribution >= 0.6 is 0 Å². The number of benzene rings is 4. The maximum absolute atomic E-state index is 12.7. The molecule has 1 amide bonds. The Labute approximate surface area is 217 Å². The van der Waals surface area contributed by atoms with Crippen LogP contribution in [0.4, 0.5) is 5.69 Å². The SMILES string of the molecule is CCOc1ccc(NS(=O)(=O)c2ccc(OCC(=O)NC(c3ccccc3)c3ccccc3)cc2)cc1. The fourth-order valence-electron chi connectivity index (χ4n) is 3.72. The molecule has 0 fully saturated rings. The van der Waals surface area contributed by atoms with Gasteiger partial charge in [0, 0.05) is 5.69 Å². The molecule has 4 aromatic carbocycles. The molecule has 0 atom stereocenters. The number of hydrogen-bond donors (Lipinski definition) is 2. The third-order valence-electron chi connectivity index (χ3n) is 5.49. The minimum atomic E-state index is -3.79. The average molecular weight is 517 g/mol. The summed E-state index contributed by atoms with van der Waals surface area (Å²) in [4.78, 5) is 12.8. The van der Waals surface area contributed by atoms with E-state index in [9.17, 15) is 13.2 Å². The molecule has 4 aromatic rings. The fraction of sp³-hybridized carbons (Fsp3) is 0.138. The second kappa shape index (κ2) is 12.1. The Morgan fingerprint density at radius 2 is 1.24 bits per heavy atom. The standard InChI is InChI=1S/C29H28N2O5S/c1-2-35-25-15-13-24(14-16-25)31-37(33,34)27-19-17-26(18-20-27)36-21-28(32)30-29(22-9-5-3-6-10-22)23-11-7-4-8-12-23/h3-20,29,31H,2,21H2,1H3,(H,30,32). The van der Waals surface area contributed by atoms with Crippen molar-refractivity contribution < 1.29 is 22.7 Å². The third-order valence-corrected chi connectivity index (χ3v) is 6.89. The van der Waals surface area contributed by atoms with Gasteiger partial charge in [0.1, 0.15) is 11.5 Å². The van der Waals surface area contributed by atoms with Gasteiger partial charge in [0.2, 0.25) is 0 Å². The first-order valence-electron chi connectivity index (χ1n) is 11.8. The summed E-state index contributed by atoms with van der Waals surface area (Å²) < 4.78 is 39.0. The van der Waals surface area contributed by atoms with Crippen molar-refractivity contribution in [1.82, 2.24) is 5.32 Å². The molecule has 0 aromatic heterocycles. The Balaban J connectivity index is 1.36. The minimum Gasteiger partial charge on any atom is -0.494 e. The van der Waals surface area contributed by atoms with Gasteiger partial charge in [-0.2, -0.15) is 0 Å². The van der Waals surface area contributed by atoms with Gasteiger partial charge < -0.3 is 14.8 Å². The molecule has 37 heavy (non-hydrogen) atoms. The van der Waals surface area contributed by atoms with Gasteiger partial charge >= 0.3 is 0 Å². The first kappa shape index (κ1) is 25.8. The van der Waals surface area contributed by atoms with Crippen LogP contribution in [-0.2, 0) is 14.8 Å². The molecule has 2 N–H and O–H groups in total. The van der Waals surface area contributed by atoms with Gasteiger partial charge in [-0.05, 0) is 66.6 Å². The van der Waals surface area contributed by atoms with Crippen LogP contribution in [0.2, 0.25) is 0 Å². The third kappa shape index (κ3) is 7.11. The molecule has 0 saturated carbocycles. The van der Waals surface area contributed by atoms with Crippen molar-refractivity contribution in [1.29, 1.82) is 0 Å². The normalized spacial score (nSPS) is 11.1. The highest BCUT2D eigenvalue weighted by Crippen LogP contribution is 2.23. The zero-order valence-corrected chi connectivity index (χ0v) is 21.1. The predicted octanol–water partition coefficient (Wildman–Crippen LogP) is 5.17. The average Bonchev–Trinajstić information content (AvgIpc) is 2.93. The summed E-state index contributed by atoms with van der Waals surface area (Å²) in [5, 5.41) is 3.02. The first-order chi connectivity index (χ1) is 17.9. The van der Waals surface area contributed by atoms with Crippen molar-refractivity contribution in [3.63, 3.8) is 0 Å². The molecule has 0 bridgehead atoms. The van der Waals surface area contributed by atoms with Gasteiger partial charge in [0.15, 0.2) is 6.61 Å². The van der Waals surface area contributed by atoms with E-state index in [-0.39, 0.29) is 23.5 Å². The van der Waals surface area contributed by atoms with Crippen LogP contribution < -0.4 is 19.5 Å². The maximum atomic E-state index is 12.7. The van der Waals surface area contributed by atoms with E-state index < -0.39 is 10.0 Å². The van der Waals surface area contributed by atoms with Crippen molar-refractivity contribution in [3.8, 4) is 11.5 Å². The van der Waals surface area contributed by atoms with Gasteiger partial charge in [-0.25, -0.2) is 8.42 Å². The number of anilines is 1. The van der Waals surface area contributed by atoms with Gasteiger partial charge in [-0.1, -0.05) is 60.7 Å². The van der Waals surface area contributed by atoms with E-state index in [0.29, 0.717) is 23.8 Å².